The minimum absolute atomic E-state index is 0.0500. The van der Waals surface area contributed by atoms with Crippen LogP contribution in [0.25, 0.3) is 28.1 Å². The summed E-state index contributed by atoms with van der Waals surface area (Å²) in [5.74, 6) is -1.16. The normalized spacial score (nSPS) is 12.0. The first-order chi connectivity index (χ1) is 12.8. The molecular formula is C19H19N5O3. The first-order valence-electron chi connectivity index (χ1n) is 8.43. The third-order valence-electron chi connectivity index (χ3n) is 4.45. The summed E-state index contributed by atoms with van der Waals surface area (Å²) in [6.07, 6.45) is 3.12. The molecule has 4 N–H and O–H groups in total. The van der Waals surface area contributed by atoms with Gasteiger partial charge in [-0.15, -0.1) is 0 Å². The number of imidazole rings is 1. The van der Waals surface area contributed by atoms with Crippen LogP contribution >= 0.6 is 0 Å². The van der Waals surface area contributed by atoms with Crippen molar-refractivity contribution in [3.05, 3.63) is 42.4 Å². The minimum atomic E-state index is -0.752. The van der Waals surface area contributed by atoms with Crippen molar-refractivity contribution in [3.8, 4) is 28.7 Å². The lowest BCUT2D eigenvalue weighted by Crippen LogP contribution is -2.21. The number of hydrogen-bond donors (Lipinski definition) is 4. The molecule has 3 aromatic heterocycles. The highest BCUT2D eigenvalue weighted by Gasteiger charge is 2.35. The molecule has 27 heavy (non-hydrogen) atoms. The molecule has 0 radical (unpaired) electrons. The van der Waals surface area contributed by atoms with Gasteiger partial charge in [-0.3, -0.25) is 14.5 Å². The van der Waals surface area contributed by atoms with Crippen LogP contribution in [0.3, 0.4) is 0 Å². The average Bonchev–Trinajstić information content (AvgIpc) is 3.33. The van der Waals surface area contributed by atoms with Gasteiger partial charge in [-0.05, 0) is 24.3 Å². The fourth-order valence-corrected chi connectivity index (χ4v) is 3.09. The van der Waals surface area contributed by atoms with Crippen LogP contribution in [-0.2, 0) is 0 Å². The number of Topliss-reactive ketones (excluding diaryl/α,β-unsaturated/α-hetero) is 1. The molecule has 1 aromatic carbocycles. The molecule has 8 heteroatoms. The Morgan fingerprint density at radius 1 is 1.19 bits per heavy atom. The van der Waals surface area contributed by atoms with E-state index >= 15 is 0 Å². The van der Waals surface area contributed by atoms with Crippen molar-refractivity contribution in [1.29, 1.82) is 0 Å². The Labute approximate surface area is 154 Å². The van der Waals surface area contributed by atoms with Crippen molar-refractivity contribution < 1.29 is 15.0 Å². The molecule has 4 aromatic rings. The van der Waals surface area contributed by atoms with Gasteiger partial charge in [0.25, 0.3) is 0 Å². The monoisotopic (exact) mass is 365 g/mol. The van der Waals surface area contributed by atoms with E-state index in [-0.39, 0.29) is 11.3 Å². The van der Waals surface area contributed by atoms with E-state index in [1.807, 2.05) is 0 Å². The summed E-state index contributed by atoms with van der Waals surface area (Å²) in [4.78, 5) is 20.2. The highest BCUT2D eigenvalue weighted by atomic mass is 16.3. The summed E-state index contributed by atoms with van der Waals surface area (Å²) in [6.45, 7) is 5.28. The van der Waals surface area contributed by atoms with Crippen molar-refractivity contribution in [2.45, 2.75) is 20.8 Å². The Hall–Kier alpha value is -3.55. The van der Waals surface area contributed by atoms with Gasteiger partial charge < -0.3 is 15.2 Å². The summed E-state index contributed by atoms with van der Waals surface area (Å²) in [7, 11) is 0. The van der Waals surface area contributed by atoms with Crippen molar-refractivity contribution in [3.63, 3.8) is 0 Å². The number of aromatic nitrogens is 5. The predicted octanol–water partition coefficient (Wildman–Crippen LogP) is 3.38. The Morgan fingerprint density at radius 3 is 2.63 bits per heavy atom. The minimum Gasteiger partial charge on any atom is -0.503 e. The van der Waals surface area contributed by atoms with E-state index in [4.69, 9.17) is 0 Å². The van der Waals surface area contributed by atoms with Gasteiger partial charge in [0, 0.05) is 11.6 Å². The number of nitrogens with one attached hydrogen (secondary N) is 2. The molecule has 3 heterocycles. The van der Waals surface area contributed by atoms with Crippen LogP contribution < -0.4 is 0 Å². The molecule has 0 saturated carbocycles. The lowest BCUT2D eigenvalue weighted by atomic mass is 9.86. The van der Waals surface area contributed by atoms with Gasteiger partial charge in [0.2, 0.25) is 5.88 Å². The van der Waals surface area contributed by atoms with E-state index in [1.54, 1.807) is 57.6 Å². The molecule has 0 atom stereocenters. The third kappa shape index (κ3) is 2.57. The topological polar surface area (TPSA) is 120 Å². The smallest absolute Gasteiger partial charge is 0.240 e. The number of hydrogen-bond acceptors (Lipinski definition) is 5. The largest absolute Gasteiger partial charge is 0.503 e. The zero-order valence-corrected chi connectivity index (χ0v) is 15.1. The number of nitrogens with zero attached hydrogens (tertiary/aromatic N) is 3. The molecule has 4 rings (SSSR count). The first kappa shape index (κ1) is 16.9. The van der Waals surface area contributed by atoms with Crippen LogP contribution in [-0.4, -0.2) is 40.7 Å². The summed E-state index contributed by atoms with van der Waals surface area (Å²) in [5.41, 5.74) is 2.25. The van der Waals surface area contributed by atoms with Crippen molar-refractivity contribution in [2.75, 3.05) is 0 Å². The molecule has 0 fully saturated rings. The molecule has 0 amide bonds. The summed E-state index contributed by atoms with van der Waals surface area (Å²) >= 11 is 0. The summed E-state index contributed by atoms with van der Waals surface area (Å²) < 4.78 is 1.43. The fraction of sp³-hybridized carbons (Fsp3) is 0.211. The first-order valence-corrected chi connectivity index (χ1v) is 8.43. The van der Waals surface area contributed by atoms with E-state index in [1.165, 1.54) is 4.57 Å². The van der Waals surface area contributed by atoms with E-state index in [9.17, 15) is 15.0 Å². The second-order valence-electron chi connectivity index (χ2n) is 7.38. The molecule has 0 bridgehead atoms. The molecule has 0 saturated heterocycles. The van der Waals surface area contributed by atoms with Crippen molar-refractivity contribution >= 4 is 16.8 Å². The Kier molecular flexibility index (Phi) is 3.59. The number of rotatable bonds is 3. The number of aromatic hydroxyl groups is 2. The molecule has 0 aliphatic rings. The Morgan fingerprint density at radius 2 is 1.96 bits per heavy atom. The summed E-state index contributed by atoms with van der Waals surface area (Å²) in [6, 6.07) is 7.01. The van der Waals surface area contributed by atoms with E-state index in [2.05, 4.69) is 20.2 Å². The third-order valence-corrected chi connectivity index (χ3v) is 4.45. The summed E-state index contributed by atoms with van der Waals surface area (Å²) in [5, 5.41) is 28.1. The Bertz CT molecular complexity index is 1150. The maximum atomic E-state index is 13.0. The van der Waals surface area contributed by atoms with Crippen molar-refractivity contribution in [2.24, 2.45) is 5.41 Å². The number of ketones is 1. The lowest BCUT2D eigenvalue weighted by Gasteiger charge is -2.17. The van der Waals surface area contributed by atoms with Crippen LogP contribution in [0.1, 0.15) is 31.1 Å². The molecule has 0 spiro atoms. The van der Waals surface area contributed by atoms with Gasteiger partial charge in [0.05, 0.1) is 40.0 Å². The zero-order chi connectivity index (χ0) is 19.3. The van der Waals surface area contributed by atoms with Crippen LogP contribution in [0, 0.1) is 5.41 Å². The SMILES string of the molecule is CC(C)(C)C(=O)c1c(O)c(O)n(-c2ccc3nc[nH]c3c2)c1-c1ccn[nH]1. The second kappa shape index (κ2) is 5.73. The zero-order valence-electron chi connectivity index (χ0n) is 15.1. The van der Waals surface area contributed by atoms with Crippen molar-refractivity contribution in [1.82, 2.24) is 24.7 Å². The average molecular weight is 365 g/mol. The number of H-pyrrole nitrogens is 2. The number of fused-ring (bicyclic) bond motifs is 1. The van der Waals surface area contributed by atoms with E-state index < -0.39 is 17.0 Å². The molecule has 138 valence electrons. The van der Waals surface area contributed by atoms with Gasteiger partial charge in [-0.25, -0.2) is 4.98 Å². The predicted molar refractivity (Wildman–Crippen MR) is 100 cm³/mol. The molecular weight excluding hydrogens is 346 g/mol. The number of aromatic amines is 2. The van der Waals surface area contributed by atoms with E-state index in [0.29, 0.717) is 17.1 Å². The fourth-order valence-electron chi connectivity index (χ4n) is 3.09. The number of benzene rings is 1. The van der Waals surface area contributed by atoms with E-state index in [0.717, 1.165) is 11.0 Å². The number of carbonyl (C=O) groups excluding carboxylic acids is 1. The molecule has 0 aliphatic heterocycles. The van der Waals surface area contributed by atoms with Gasteiger partial charge in [-0.2, -0.15) is 5.10 Å². The molecule has 8 nitrogen and oxygen atoms in total. The second-order valence-corrected chi connectivity index (χ2v) is 7.38. The highest BCUT2D eigenvalue weighted by Crippen LogP contribution is 2.44. The van der Waals surface area contributed by atoms with Gasteiger partial charge in [0.15, 0.2) is 11.5 Å². The Balaban J connectivity index is 2.06. The van der Waals surface area contributed by atoms with Gasteiger partial charge in [0.1, 0.15) is 0 Å². The van der Waals surface area contributed by atoms with Gasteiger partial charge >= 0.3 is 0 Å². The molecule has 0 aliphatic carbocycles. The highest BCUT2D eigenvalue weighted by molar-refractivity contribution is 6.08. The molecule has 0 unspecified atom stereocenters. The van der Waals surface area contributed by atoms with Crippen LogP contribution in [0.4, 0.5) is 0 Å². The standard InChI is InChI=1S/C19H19N5O3/c1-19(2,3)17(26)14-15(12-6-7-22-23-12)24(18(27)16(14)25)10-4-5-11-13(8-10)21-9-20-11/h4-9,25,27H,1-3H3,(H,20,21)(H,22,23). The maximum Gasteiger partial charge on any atom is 0.240 e. The number of carbonyl (C=O) groups is 1. The lowest BCUT2D eigenvalue weighted by molar-refractivity contribution is 0.0856. The van der Waals surface area contributed by atoms with Crippen LogP contribution in [0.2, 0.25) is 0 Å². The quantitative estimate of drug-likeness (QED) is 0.415. The van der Waals surface area contributed by atoms with Gasteiger partial charge in [-0.1, -0.05) is 20.8 Å². The maximum absolute atomic E-state index is 13.0. The van der Waals surface area contributed by atoms with Crippen LogP contribution in [0.5, 0.6) is 11.6 Å². The van der Waals surface area contributed by atoms with Crippen LogP contribution in [0.15, 0.2) is 36.8 Å².